The molecule has 13 heteroatoms. The Kier molecular flexibility index (Phi) is 11.3. The lowest BCUT2D eigenvalue weighted by atomic mass is 10.0. The first-order valence-electron chi connectivity index (χ1n) is 12.1. The van der Waals surface area contributed by atoms with Crippen LogP contribution in [0, 0.1) is 0 Å². The van der Waals surface area contributed by atoms with Gasteiger partial charge in [0.05, 0.1) is 18.2 Å². The van der Waals surface area contributed by atoms with Gasteiger partial charge < -0.3 is 25.2 Å². The van der Waals surface area contributed by atoms with E-state index in [9.17, 15) is 23.1 Å². The number of amides is 2. The van der Waals surface area contributed by atoms with Gasteiger partial charge in [0.2, 0.25) is 16.8 Å². The van der Waals surface area contributed by atoms with Gasteiger partial charge in [-0.1, -0.05) is 19.1 Å². The van der Waals surface area contributed by atoms with Crippen LogP contribution in [0.15, 0.2) is 47.4 Å². The molecule has 1 aliphatic rings. The number of nitrogens with one attached hydrogen (secondary N) is 3. The zero-order valence-corrected chi connectivity index (χ0v) is 23.7. The maximum absolute atomic E-state index is 12.9. The first kappa shape index (κ1) is 29.8. The zero-order chi connectivity index (χ0) is 27.5. The molecule has 1 heterocycles. The average Bonchev–Trinajstić information content (AvgIpc) is 3.33. The summed E-state index contributed by atoms with van der Waals surface area (Å²) in [5, 5.41) is 15.2. The number of sulfonamides is 1. The molecule has 2 amide bonds. The van der Waals surface area contributed by atoms with E-state index in [2.05, 4.69) is 15.4 Å². The molecule has 2 aromatic carbocycles. The summed E-state index contributed by atoms with van der Waals surface area (Å²) in [5.74, 6) is 1.46. The van der Waals surface area contributed by atoms with E-state index in [1.807, 2.05) is 19.2 Å². The number of carboxylic acid groups (broad SMARTS) is 1. The number of carbonyl (C=O) groups is 2. The predicted molar refractivity (Wildman–Crippen MR) is 151 cm³/mol. The molecule has 0 aromatic heterocycles. The highest BCUT2D eigenvalue weighted by Gasteiger charge is 2.23. The van der Waals surface area contributed by atoms with E-state index in [0.717, 1.165) is 10.6 Å². The summed E-state index contributed by atoms with van der Waals surface area (Å²) in [6, 6.07) is 10.8. The largest absolute Gasteiger partial charge is 0.481 e. The molecule has 0 aliphatic carbocycles. The molecule has 0 bridgehead atoms. The van der Waals surface area contributed by atoms with Gasteiger partial charge in [-0.25, -0.2) is 13.2 Å². The summed E-state index contributed by atoms with van der Waals surface area (Å²) in [7, 11) is -3.39. The summed E-state index contributed by atoms with van der Waals surface area (Å²) in [6.45, 7) is 1.90. The third kappa shape index (κ3) is 9.52. The topological polar surface area (TPSA) is 143 Å². The lowest BCUT2D eigenvalue weighted by molar-refractivity contribution is -0.137. The van der Waals surface area contributed by atoms with Crippen LogP contribution in [-0.4, -0.2) is 61.9 Å². The number of benzene rings is 2. The van der Waals surface area contributed by atoms with E-state index in [4.69, 9.17) is 9.47 Å². The predicted octanol–water partition coefficient (Wildman–Crippen LogP) is 4.30. The van der Waals surface area contributed by atoms with E-state index in [1.54, 1.807) is 48.2 Å². The molecule has 38 heavy (non-hydrogen) atoms. The van der Waals surface area contributed by atoms with E-state index < -0.39 is 28.1 Å². The number of hydrogen-bond donors (Lipinski definition) is 4. The van der Waals surface area contributed by atoms with Crippen molar-refractivity contribution in [3.8, 4) is 11.5 Å². The van der Waals surface area contributed by atoms with E-state index in [0.29, 0.717) is 41.3 Å². The van der Waals surface area contributed by atoms with Crippen molar-refractivity contribution < 1.29 is 32.6 Å². The smallest absolute Gasteiger partial charge is 0.315 e. The van der Waals surface area contributed by atoms with Crippen molar-refractivity contribution in [2.75, 3.05) is 35.0 Å². The summed E-state index contributed by atoms with van der Waals surface area (Å²) >= 11 is 3.16. The van der Waals surface area contributed by atoms with Gasteiger partial charge in [-0.15, -0.1) is 11.8 Å². The minimum Gasteiger partial charge on any atom is -0.481 e. The van der Waals surface area contributed by atoms with Crippen LogP contribution in [0.2, 0.25) is 0 Å². The highest BCUT2D eigenvalue weighted by atomic mass is 32.2. The molecule has 2 atom stereocenters. The molecular weight excluding hydrogens is 550 g/mol. The zero-order valence-electron chi connectivity index (χ0n) is 21.3. The fourth-order valence-electron chi connectivity index (χ4n) is 3.74. The van der Waals surface area contributed by atoms with Gasteiger partial charge in [-0.3, -0.25) is 9.52 Å². The van der Waals surface area contributed by atoms with Crippen LogP contribution in [0.4, 0.5) is 10.5 Å². The van der Waals surface area contributed by atoms with Gasteiger partial charge in [0.1, 0.15) is 0 Å². The highest BCUT2D eigenvalue weighted by Crippen LogP contribution is 2.35. The lowest BCUT2D eigenvalue weighted by Gasteiger charge is -2.22. The molecule has 4 N–H and O–H groups in total. The second-order valence-corrected chi connectivity index (χ2v) is 12.5. The Balaban J connectivity index is 1.63. The van der Waals surface area contributed by atoms with Gasteiger partial charge >= 0.3 is 12.0 Å². The number of ether oxygens (including phenoxy) is 2. The second kappa shape index (κ2) is 14.4. The van der Waals surface area contributed by atoms with E-state index in [-0.39, 0.29) is 25.0 Å². The summed E-state index contributed by atoms with van der Waals surface area (Å²) in [6.07, 6.45) is 2.92. The van der Waals surface area contributed by atoms with Crippen LogP contribution < -0.4 is 24.8 Å². The van der Waals surface area contributed by atoms with Crippen LogP contribution in [0.5, 0.6) is 11.5 Å². The molecule has 0 spiro atoms. The van der Waals surface area contributed by atoms with Crippen molar-refractivity contribution in [3.05, 3.63) is 48.0 Å². The van der Waals surface area contributed by atoms with Crippen molar-refractivity contribution in [1.29, 1.82) is 0 Å². The number of carbonyl (C=O) groups excluding carboxylic acids is 1. The van der Waals surface area contributed by atoms with Crippen molar-refractivity contribution in [3.63, 3.8) is 0 Å². The standard InChI is InChI=1S/C25H33N3O7S3/c1-3-11-38(32,33)28-18-5-4-6-20(13-18)37-15-19(9-10-36-2)26-25(31)27-21(14-24(29)30)17-7-8-22-23(12-17)35-16-34-22/h4-8,12-13,19,21,28H,3,9-11,14-16H2,1-2H3,(H,29,30)(H2,26,27,31)/t19-,21-/m0/s1. The maximum Gasteiger partial charge on any atom is 0.315 e. The van der Waals surface area contributed by atoms with Crippen LogP contribution in [0.1, 0.15) is 37.8 Å². The Bertz CT molecular complexity index is 1210. The number of thioether (sulfide) groups is 2. The Hall–Kier alpha value is -2.77. The summed E-state index contributed by atoms with van der Waals surface area (Å²) in [5.41, 5.74) is 1.10. The molecule has 2 aromatic rings. The van der Waals surface area contributed by atoms with Crippen molar-refractivity contribution in [2.45, 2.75) is 43.2 Å². The van der Waals surface area contributed by atoms with E-state index in [1.165, 1.54) is 11.8 Å². The molecule has 0 saturated heterocycles. The molecule has 10 nitrogen and oxygen atoms in total. The fraction of sp³-hybridized carbons (Fsp3) is 0.440. The minimum absolute atomic E-state index is 0.0509. The molecule has 1 aliphatic heterocycles. The fourth-order valence-corrected chi connectivity index (χ4v) is 6.42. The highest BCUT2D eigenvalue weighted by molar-refractivity contribution is 7.99. The molecule has 208 valence electrons. The van der Waals surface area contributed by atoms with Crippen molar-refractivity contribution in [2.24, 2.45) is 0 Å². The lowest BCUT2D eigenvalue weighted by Crippen LogP contribution is -2.45. The first-order chi connectivity index (χ1) is 18.2. The Labute approximate surface area is 231 Å². The number of rotatable bonds is 15. The summed E-state index contributed by atoms with van der Waals surface area (Å²) < 4.78 is 37.5. The Morgan fingerprint density at radius 3 is 2.63 bits per heavy atom. The minimum atomic E-state index is -3.39. The summed E-state index contributed by atoms with van der Waals surface area (Å²) in [4.78, 5) is 25.3. The van der Waals surface area contributed by atoms with Gasteiger partial charge in [0.25, 0.3) is 0 Å². The Morgan fingerprint density at radius 2 is 1.89 bits per heavy atom. The molecule has 0 radical (unpaired) electrons. The normalized spacial score (nSPS) is 13.9. The van der Waals surface area contributed by atoms with E-state index >= 15 is 0 Å². The van der Waals surface area contributed by atoms with Crippen LogP contribution in [0.25, 0.3) is 0 Å². The SMILES string of the molecule is CCCS(=O)(=O)Nc1cccc(SC[C@H](CCSC)NC(=O)N[C@@H](CC(=O)O)c2ccc3c(c2)OCO3)c1. The number of aliphatic carboxylic acids is 1. The van der Waals surface area contributed by atoms with Crippen LogP contribution in [0.3, 0.4) is 0 Å². The quantitative estimate of drug-likeness (QED) is 0.226. The van der Waals surface area contributed by atoms with Gasteiger partial charge in [-0.2, -0.15) is 11.8 Å². The Morgan fingerprint density at radius 1 is 1.11 bits per heavy atom. The van der Waals surface area contributed by atoms with Gasteiger partial charge in [0, 0.05) is 22.4 Å². The molecule has 0 unspecified atom stereocenters. The third-order valence-electron chi connectivity index (χ3n) is 5.52. The monoisotopic (exact) mass is 583 g/mol. The van der Waals surface area contributed by atoms with Crippen molar-refractivity contribution >= 4 is 51.2 Å². The number of hydrogen-bond acceptors (Lipinski definition) is 8. The number of anilines is 1. The second-order valence-electron chi connectivity index (χ2n) is 8.62. The average molecular weight is 584 g/mol. The van der Waals surface area contributed by atoms with Crippen molar-refractivity contribution in [1.82, 2.24) is 10.6 Å². The number of fused-ring (bicyclic) bond motifs is 1. The molecule has 3 rings (SSSR count). The maximum atomic E-state index is 12.9. The number of urea groups is 1. The van der Waals surface area contributed by atoms with Gasteiger partial charge in [0.15, 0.2) is 11.5 Å². The van der Waals surface area contributed by atoms with Gasteiger partial charge in [-0.05, 0) is 60.7 Å². The number of carboxylic acids is 1. The van der Waals surface area contributed by atoms with Crippen LogP contribution >= 0.6 is 23.5 Å². The molecule has 0 fully saturated rings. The van der Waals surface area contributed by atoms with Crippen LogP contribution in [-0.2, 0) is 14.8 Å². The first-order valence-corrected chi connectivity index (χ1v) is 16.1. The molecule has 0 saturated carbocycles. The third-order valence-corrected chi connectivity index (χ3v) is 8.81. The molecular formula is C25H33N3O7S3.